The van der Waals surface area contributed by atoms with Gasteiger partial charge in [-0.3, -0.25) is 14.5 Å². The Labute approximate surface area is 273 Å². The van der Waals surface area contributed by atoms with E-state index in [-0.39, 0.29) is 35.5 Å². The van der Waals surface area contributed by atoms with Gasteiger partial charge in [0.1, 0.15) is 6.61 Å². The normalized spacial score (nSPS) is 20.4. The molecule has 0 bridgehead atoms. The summed E-state index contributed by atoms with van der Waals surface area (Å²) in [6.45, 7) is 6.56. The summed E-state index contributed by atoms with van der Waals surface area (Å²) in [6.07, 6.45) is -3.90. The lowest BCUT2D eigenvalue weighted by Gasteiger charge is -2.33. The third-order valence-corrected chi connectivity index (χ3v) is 9.73. The molecule has 6 rings (SSSR count). The molecule has 3 aromatic rings. The summed E-state index contributed by atoms with van der Waals surface area (Å²) < 4.78 is 54.3. The highest BCUT2D eigenvalue weighted by atomic mass is 19.4. The molecule has 0 radical (unpaired) electrons. The number of ether oxygens (including phenoxy) is 2. The van der Waals surface area contributed by atoms with Crippen molar-refractivity contribution in [3.63, 3.8) is 0 Å². The zero-order valence-corrected chi connectivity index (χ0v) is 27.1. The molecule has 0 saturated carbocycles. The number of hydrogen-bond acceptors (Lipinski definition) is 6. The van der Waals surface area contributed by atoms with Gasteiger partial charge in [0.15, 0.2) is 11.5 Å². The van der Waals surface area contributed by atoms with Crippen LogP contribution in [0.3, 0.4) is 0 Å². The van der Waals surface area contributed by atoms with Crippen LogP contribution in [-0.2, 0) is 19.3 Å². The number of alkyl halides is 3. The Bertz CT molecular complexity index is 1610. The van der Waals surface area contributed by atoms with Crippen LogP contribution >= 0.6 is 0 Å². The highest BCUT2D eigenvalue weighted by Gasteiger charge is 2.45. The predicted molar refractivity (Wildman–Crippen MR) is 172 cm³/mol. The number of halogens is 3. The first-order chi connectivity index (χ1) is 22.5. The van der Waals surface area contributed by atoms with E-state index in [1.807, 2.05) is 49.2 Å². The molecule has 47 heavy (non-hydrogen) atoms. The zero-order valence-electron chi connectivity index (χ0n) is 27.1. The van der Waals surface area contributed by atoms with Crippen molar-refractivity contribution in [2.24, 2.45) is 5.92 Å². The summed E-state index contributed by atoms with van der Waals surface area (Å²) in [7, 11) is 3.55. The number of nitrogens with zero attached hydrogens (tertiary/aromatic N) is 4. The molecular weight excluding hydrogens is 609 g/mol. The fraction of sp³-hybridized carbons (Fsp3) is 0.444. The summed E-state index contributed by atoms with van der Waals surface area (Å²) in [4.78, 5) is 35.1. The molecule has 8 nitrogen and oxygen atoms in total. The Morgan fingerprint density at radius 2 is 1.64 bits per heavy atom. The lowest BCUT2D eigenvalue weighted by atomic mass is 10.0. The molecule has 3 aromatic carbocycles. The van der Waals surface area contributed by atoms with E-state index in [0.29, 0.717) is 62.8 Å². The van der Waals surface area contributed by atoms with E-state index < -0.39 is 17.6 Å². The highest BCUT2D eigenvalue weighted by molar-refractivity contribution is 5.97. The number of benzene rings is 3. The highest BCUT2D eigenvalue weighted by Crippen LogP contribution is 2.38. The second kappa shape index (κ2) is 13.6. The number of piperazine rings is 1. The third kappa shape index (κ3) is 7.11. The number of likely N-dealkylation sites (N-methyl/N-ethyl adjacent to an activating group) is 1. The second-order valence-electron chi connectivity index (χ2n) is 12.9. The Kier molecular flexibility index (Phi) is 9.48. The first-order valence-electron chi connectivity index (χ1n) is 16.1. The van der Waals surface area contributed by atoms with Crippen molar-refractivity contribution < 1.29 is 32.2 Å². The first-order valence-corrected chi connectivity index (χ1v) is 16.1. The summed E-state index contributed by atoms with van der Waals surface area (Å²) in [6, 6.07) is 16.9. The van der Waals surface area contributed by atoms with Crippen LogP contribution in [-0.4, -0.2) is 97.4 Å². The van der Waals surface area contributed by atoms with Crippen LogP contribution in [0, 0.1) is 12.8 Å². The van der Waals surface area contributed by atoms with Crippen molar-refractivity contribution in [2.75, 3.05) is 60.0 Å². The van der Waals surface area contributed by atoms with Gasteiger partial charge in [0, 0.05) is 69.4 Å². The number of fused-ring (bicyclic) bond motifs is 1. The molecule has 2 amide bonds. The van der Waals surface area contributed by atoms with Crippen molar-refractivity contribution in [2.45, 2.75) is 38.7 Å². The second-order valence-corrected chi connectivity index (χ2v) is 12.9. The maximum Gasteiger partial charge on any atom is 0.416 e. The Morgan fingerprint density at radius 1 is 0.894 bits per heavy atom. The van der Waals surface area contributed by atoms with E-state index >= 15 is 0 Å². The number of hydrogen-bond donors (Lipinski definition) is 0. The van der Waals surface area contributed by atoms with Crippen LogP contribution in [0.4, 0.5) is 13.2 Å². The van der Waals surface area contributed by atoms with Gasteiger partial charge < -0.3 is 24.2 Å². The Morgan fingerprint density at radius 3 is 2.34 bits per heavy atom. The number of rotatable bonds is 8. The van der Waals surface area contributed by atoms with Gasteiger partial charge in [-0.05, 0) is 61.3 Å². The average Bonchev–Trinajstić information content (AvgIpc) is 3.66. The van der Waals surface area contributed by atoms with E-state index in [1.54, 1.807) is 29.0 Å². The van der Waals surface area contributed by atoms with Crippen LogP contribution in [0.1, 0.15) is 49.4 Å². The van der Waals surface area contributed by atoms with Gasteiger partial charge in [-0.15, -0.1) is 0 Å². The molecule has 3 saturated heterocycles. The fourth-order valence-electron chi connectivity index (χ4n) is 6.97. The van der Waals surface area contributed by atoms with Gasteiger partial charge >= 0.3 is 6.18 Å². The Hall–Kier alpha value is -4.09. The number of likely N-dealkylation sites (tertiary alicyclic amines) is 2. The van der Waals surface area contributed by atoms with Crippen molar-refractivity contribution in [3.05, 3.63) is 94.0 Å². The van der Waals surface area contributed by atoms with Crippen LogP contribution < -0.4 is 9.47 Å². The molecule has 2 atom stereocenters. The molecule has 0 N–H and O–H groups in total. The van der Waals surface area contributed by atoms with Crippen LogP contribution in [0.5, 0.6) is 11.5 Å². The van der Waals surface area contributed by atoms with E-state index in [1.165, 1.54) is 12.1 Å². The molecule has 3 heterocycles. The van der Waals surface area contributed by atoms with Gasteiger partial charge in [0.2, 0.25) is 0 Å². The lowest BCUT2D eigenvalue weighted by molar-refractivity contribution is -0.138. The van der Waals surface area contributed by atoms with E-state index in [0.717, 1.165) is 30.3 Å². The quantitative estimate of drug-likeness (QED) is 0.328. The monoisotopic (exact) mass is 650 g/mol. The van der Waals surface area contributed by atoms with E-state index in [9.17, 15) is 22.8 Å². The third-order valence-electron chi connectivity index (χ3n) is 9.73. The van der Waals surface area contributed by atoms with Crippen LogP contribution in [0.15, 0.2) is 60.7 Å². The fourth-order valence-corrected chi connectivity index (χ4v) is 6.97. The van der Waals surface area contributed by atoms with Crippen LogP contribution in [0.25, 0.3) is 0 Å². The molecule has 0 spiro atoms. The maximum absolute atomic E-state index is 14.2. The van der Waals surface area contributed by atoms with Crippen molar-refractivity contribution >= 4 is 11.8 Å². The Balaban J connectivity index is 1.16. The number of carbonyl (C=O) groups excluding carboxylic acids is 2. The minimum absolute atomic E-state index is 0.0242. The average molecular weight is 651 g/mol. The van der Waals surface area contributed by atoms with Crippen molar-refractivity contribution in [1.29, 1.82) is 0 Å². The van der Waals surface area contributed by atoms with Gasteiger partial charge in [-0.2, -0.15) is 13.2 Å². The zero-order chi connectivity index (χ0) is 33.3. The standard InChI is InChI=1S/C36H41F3N4O4/c1-24-17-32(46-3)33(47-23-25-7-5-4-6-8-25)19-29(24)35(45)42-21-28-11-12-43(31(28)22-42)34(44)26-9-10-27(30(18-26)36(37,38)39)20-41-15-13-40(2)14-16-41/h4-10,17-19,28,31H,11-16,20-23H2,1-3H3/t28-,31+/m0/s1. The number of carbonyl (C=O) groups is 2. The molecule has 0 aliphatic carbocycles. The van der Waals surface area contributed by atoms with Gasteiger partial charge in [-0.25, -0.2) is 0 Å². The minimum atomic E-state index is -4.58. The molecule has 0 aromatic heterocycles. The summed E-state index contributed by atoms with van der Waals surface area (Å²) in [5.41, 5.74) is 1.64. The molecule has 0 unspecified atom stereocenters. The SMILES string of the molecule is COc1cc(C)c(C(=O)N2C[C@@H]3CCN(C(=O)c4ccc(CN5CCN(C)CC5)c(C(F)(F)F)c4)[C@@H]3C2)cc1OCc1ccccc1. The number of aryl methyl sites for hydroxylation is 1. The largest absolute Gasteiger partial charge is 0.493 e. The number of methoxy groups -OCH3 is 1. The maximum atomic E-state index is 14.2. The molecule has 3 aliphatic rings. The summed E-state index contributed by atoms with van der Waals surface area (Å²) in [5.74, 6) is 0.425. The molecule has 3 aliphatic heterocycles. The van der Waals surface area contributed by atoms with Gasteiger partial charge in [-0.1, -0.05) is 36.4 Å². The van der Waals surface area contributed by atoms with E-state index in [4.69, 9.17) is 9.47 Å². The smallest absolute Gasteiger partial charge is 0.416 e. The van der Waals surface area contributed by atoms with Gasteiger partial charge in [0.25, 0.3) is 11.8 Å². The summed E-state index contributed by atoms with van der Waals surface area (Å²) >= 11 is 0. The molecule has 3 fully saturated rings. The first kappa shape index (κ1) is 32.8. The topological polar surface area (TPSA) is 65.6 Å². The lowest BCUT2D eigenvalue weighted by Crippen LogP contribution is -2.44. The minimum Gasteiger partial charge on any atom is -0.493 e. The molecule has 11 heteroatoms. The van der Waals surface area contributed by atoms with Crippen molar-refractivity contribution in [3.8, 4) is 11.5 Å². The molecule has 250 valence electrons. The predicted octanol–water partition coefficient (Wildman–Crippen LogP) is 5.34. The van der Waals surface area contributed by atoms with Crippen LogP contribution in [0.2, 0.25) is 0 Å². The summed E-state index contributed by atoms with van der Waals surface area (Å²) in [5, 5.41) is 0. The number of amides is 2. The molecular formula is C36H41F3N4O4. The van der Waals surface area contributed by atoms with E-state index in [2.05, 4.69) is 4.90 Å². The van der Waals surface area contributed by atoms with Crippen molar-refractivity contribution in [1.82, 2.24) is 19.6 Å². The van der Waals surface area contributed by atoms with Gasteiger partial charge in [0.05, 0.1) is 18.7 Å².